The topological polar surface area (TPSA) is 28.2 Å². The SMILES string of the molecule is FC(F)(F)c1cccc(NC(=S)N2CCCCC[C@@H]2c2ccncc2)c1. The molecule has 26 heavy (non-hydrogen) atoms. The van der Waals surface area contributed by atoms with E-state index in [1.54, 1.807) is 18.5 Å². The Morgan fingerprint density at radius 3 is 2.62 bits per heavy atom. The lowest BCUT2D eigenvalue weighted by Crippen LogP contribution is -2.37. The lowest BCUT2D eigenvalue weighted by molar-refractivity contribution is -0.137. The van der Waals surface area contributed by atoms with E-state index in [4.69, 9.17) is 12.2 Å². The van der Waals surface area contributed by atoms with Crippen molar-refractivity contribution < 1.29 is 13.2 Å². The van der Waals surface area contributed by atoms with E-state index in [1.165, 1.54) is 6.07 Å². The fourth-order valence-electron chi connectivity index (χ4n) is 3.25. The molecule has 3 rings (SSSR count). The van der Waals surface area contributed by atoms with Gasteiger partial charge in [0.1, 0.15) is 0 Å². The molecule has 0 saturated carbocycles. The highest BCUT2D eigenvalue weighted by Crippen LogP contribution is 2.32. The van der Waals surface area contributed by atoms with Crippen LogP contribution in [0.3, 0.4) is 0 Å². The molecule has 7 heteroatoms. The summed E-state index contributed by atoms with van der Waals surface area (Å²) in [5.41, 5.74) is 0.782. The first kappa shape index (κ1) is 18.6. The van der Waals surface area contributed by atoms with Gasteiger partial charge in [-0.2, -0.15) is 13.2 Å². The Kier molecular flexibility index (Phi) is 5.76. The monoisotopic (exact) mass is 379 g/mol. The maximum atomic E-state index is 12.9. The van der Waals surface area contributed by atoms with Gasteiger partial charge < -0.3 is 10.2 Å². The highest BCUT2D eigenvalue weighted by Gasteiger charge is 2.31. The van der Waals surface area contributed by atoms with Crippen molar-refractivity contribution >= 4 is 23.0 Å². The Balaban J connectivity index is 1.80. The van der Waals surface area contributed by atoms with Gasteiger partial charge in [-0.3, -0.25) is 4.98 Å². The minimum Gasteiger partial charge on any atom is -0.342 e. The van der Waals surface area contributed by atoms with Crippen molar-refractivity contribution in [2.45, 2.75) is 37.9 Å². The van der Waals surface area contributed by atoms with E-state index in [0.717, 1.165) is 49.9 Å². The van der Waals surface area contributed by atoms with Gasteiger partial charge in [0.15, 0.2) is 5.11 Å². The summed E-state index contributed by atoms with van der Waals surface area (Å²) in [4.78, 5) is 6.14. The molecule has 1 N–H and O–H groups in total. The van der Waals surface area contributed by atoms with Gasteiger partial charge in [0.2, 0.25) is 0 Å². The van der Waals surface area contributed by atoms with Gasteiger partial charge in [0.05, 0.1) is 11.6 Å². The van der Waals surface area contributed by atoms with Crippen molar-refractivity contribution in [3.05, 3.63) is 59.9 Å². The first-order valence-electron chi connectivity index (χ1n) is 8.60. The van der Waals surface area contributed by atoms with Gasteiger partial charge in [0.25, 0.3) is 0 Å². The third-order valence-electron chi connectivity index (χ3n) is 4.55. The second-order valence-electron chi connectivity index (χ2n) is 6.35. The molecule has 2 aromatic rings. The van der Waals surface area contributed by atoms with Crippen molar-refractivity contribution in [3.8, 4) is 0 Å². The summed E-state index contributed by atoms with van der Waals surface area (Å²) in [6, 6.07) is 9.17. The van der Waals surface area contributed by atoms with Crippen LogP contribution in [-0.2, 0) is 6.18 Å². The number of nitrogens with zero attached hydrogens (tertiary/aromatic N) is 2. The third kappa shape index (κ3) is 4.52. The quantitative estimate of drug-likeness (QED) is 0.706. The number of thiocarbonyl (C=S) groups is 1. The molecule has 2 heterocycles. The van der Waals surface area contributed by atoms with E-state index in [9.17, 15) is 13.2 Å². The van der Waals surface area contributed by atoms with Crippen molar-refractivity contribution in [2.75, 3.05) is 11.9 Å². The summed E-state index contributed by atoms with van der Waals surface area (Å²) in [6.07, 6.45) is 3.30. The Bertz CT molecular complexity index is 749. The van der Waals surface area contributed by atoms with Gasteiger partial charge in [-0.05, 0) is 61.0 Å². The molecule has 1 fully saturated rings. The second-order valence-corrected chi connectivity index (χ2v) is 6.73. The first-order chi connectivity index (χ1) is 12.4. The van der Waals surface area contributed by atoms with E-state index in [-0.39, 0.29) is 6.04 Å². The maximum absolute atomic E-state index is 12.9. The number of rotatable bonds is 2. The van der Waals surface area contributed by atoms with Crippen LogP contribution in [0.1, 0.15) is 42.9 Å². The normalized spacial score (nSPS) is 18.3. The Morgan fingerprint density at radius 2 is 1.88 bits per heavy atom. The van der Waals surface area contributed by atoms with Crippen LogP contribution in [0.5, 0.6) is 0 Å². The number of nitrogens with one attached hydrogen (secondary N) is 1. The van der Waals surface area contributed by atoms with E-state index in [1.807, 2.05) is 12.1 Å². The Hall–Kier alpha value is -2.15. The highest BCUT2D eigenvalue weighted by molar-refractivity contribution is 7.80. The fraction of sp³-hybridized carbons (Fsp3) is 0.368. The summed E-state index contributed by atoms with van der Waals surface area (Å²) < 4.78 is 38.8. The van der Waals surface area contributed by atoms with Crippen LogP contribution >= 0.6 is 12.2 Å². The Labute approximate surface area is 156 Å². The molecule has 1 aromatic heterocycles. The summed E-state index contributed by atoms with van der Waals surface area (Å²) in [5, 5.41) is 3.45. The molecular formula is C19H20F3N3S. The number of anilines is 1. The average molecular weight is 379 g/mol. The zero-order valence-electron chi connectivity index (χ0n) is 14.2. The zero-order valence-corrected chi connectivity index (χ0v) is 15.0. The van der Waals surface area contributed by atoms with E-state index < -0.39 is 11.7 Å². The van der Waals surface area contributed by atoms with Crippen molar-refractivity contribution in [3.63, 3.8) is 0 Å². The van der Waals surface area contributed by atoms with Gasteiger partial charge in [-0.25, -0.2) is 0 Å². The molecule has 1 aliphatic heterocycles. The lowest BCUT2D eigenvalue weighted by atomic mass is 10.0. The third-order valence-corrected chi connectivity index (χ3v) is 4.88. The molecule has 0 spiro atoms. The van der Waals surface area contributed by atoms with Crippen LogP contribution < -0.4 is 5.32 Å². The van der Waals surface area contributed by atoms with Crippen LogP contribution in [0.25, 0.3) is 0 Å². The molecule has 0 radical (unpaired) electrons. The van der Waals surface area contributed by atoms with Crippen LogP contribution in [0.4, 0.5) is 18.9 Å². The molecule has 138 valence electrons. The number of aromatic nitrogens is 1. The van der Waals surface area contributed by atoms with E-state index >= 15 is 0 Å². The average Bonchev–Trinajstić information content (AvgIpc) is 2.88. The molecule has 1 aromatic carbocycles. The summed E-state index contributed by atoms with van der Waals surface area (Å²) in [7, 11) is 0. The van der Waals surface area contributed by atoms with Gasteiger partial charge in [0, 0.05) is 24.6 Å². The number of pyridine rings is 1. The molecule has 1 saturated heterocycles. The first-order valence-corrected chi connectivity index (χ1v) is 9.01. The highest BCUT2D eigenvalue weighted by atomic mass is 32.1. The smallest absolute Gasteiger partial charge is 0.342 e. The zero-order chi connectivity index (χ0) is 18.6. The molecule has 3 nitrogen and oxygen atoms in total. The van der Waals surface area contributed by atoms with Crippen molar-refractivity contribution in [1.29, 1.82) is 0 Å². The molecular weight excluding hydrogens is 359 g/mol. The predicted molar refractivity (Wildman–Crippen MR) is 99.8 cm³/mol. The van der Waals surface area contributed by atoms with Crippen molar-refractivity contribution in [1.82, 2.24) is 9.88 Å². The molecule has 0 aliphatic carbocycles. The summed E-state index contributed by atoms with van der Waals surface area (Å²) >= 11 is 5.55. The molecule has 0 unspecified atom stereocenters. The molecule has 0 amide bonds. The minimum absolute atomic E-state index is 0.103. The minimum atomic E-state index is -4.37. The van der Waals surface area contributed by atoms with E-state index in [2.05, 4.69) is 15.2 Å². The number of hydrogen-bond acceptors (Lipinski definition) is 2. The number of alkyl halides is 3. The number of halogens is 3. The van der Waals surface area contributed by atoms with E-state index in [0.29, 0.717) is 10.8 Å². The van der Waals surface area contributed by atoms with Crippen molar-refractivity contribution in [2.24, 2.45) is 0 Å². The summed E-state index contributed by atoms with van der Waals surface area (Å²) in [5.74, 6) is 0. The largest absolute Gasteiger partial charge is 0.416 e. The van der Waals surface area contributed by atoms with Gasteiger partial charge in [-0.15, -0.1) is 0 Å². The second kappa shape index (κ2) is 8.03. The number of hydrogen-bond donors (Lipinski definition) is 1. The number of likely N-dealkylation sites (tertiary alicyclic amines) is 1. The van der Waals surface area contributed by atoms with Crippen LogP contribution in [0.2, 0.25) is 0 Å². The van der Waals surface area contributed by atoms with Gasteiger partial charge in [-0.1, -0.05) is 18.9 Å². The fourth-order valence-corrected chi connectivity index (χ4v) is 3.59. The van der Waals surface area contributed by atoms with Crippen LogP contribution in [0, 0.1) is 0 Å². The molecule has 1 aliphatic rings. The Morgan fingerprint density at radius 1 is 1.12 bits per heavy atom. The lowest BCUT2D eigenvalue weighted by Gasteiger charge is -2.33. The summed E-state index contributed by atoms with van der Waals surface area (Å²) in [6.45, 7) is 0.776. The molecule has 0 bridgehead atoms. The predicted octanol–water partition coefficient (Wildman–Crippen LogP) is 5.41. The number of benzene rings is 1. The molecule has 1 atom stereocenters. The van der Waals surface area contributed by atoms with Crippen LogP contribution in [-0.4, -0.2) is 21.5 Å². The standard InChI is InChI=1S/C19H20F3N3S/c20-19(21,22)15-5-4-6-16(13-15)24-18(26)25-12-3-1-2-7-17(25)14-8-10-23-11-9-14/h4-6,8-11,13,17H,1-3,7,12H2,(H,24,26)/t17-/m1/s1. The maximum Gasteiger partial charge on any atom is 0.416 e. The van der Waals surface area contributed by atoms with Gasteiger partial charge >= 0.3 is 6.18 Å². The van der Waals surface area contributed by atoms with Crippen LogP contribution in [0.15, 0.2) is 48.8 Å².